The molecule has 0 spiro atoms. The van der Waals surface area contributed by atoms with Crippen LogP contribution in [-0.4, -0.2) is 29.6 Å². The lowest BCUT2D eigenvalue weighted by atomic mass is 9.76. The zero-order valence-corrected chi connectivity index (χ0v) is 17.1. The first-order valence-electron chi connectivity index (χ1n) is 9.95. The highest BCUT2D eigenvalue weighted by Crippen LogP contribution is 2.39. The molecule has 3 heterocycles. The smallest absolute Gasteiger partial charge is 0.263 e. The van der Waals surface area contributed by atoms with Gasteiger partial charge in [-0.1, -0.05) is 12.1 Å². The van der Waals surface area contributed by atoms with Crippen LogP contribution in [0.15, 0.2) is 30.3 Å². The second-order valence-electron chi connectivity index (χ2n) is 8.13. The predicted octanol–water partition coefficient (Wildman–Crippen LogP) is 3.13. The molecule has 2 aliphatic rings. The summed E-state index contributed by atoms with van der Waals surface area (Å²) in [5, 5.41) is 3.91. The molecule has 1 aliphatic heterocycles. The number of fused-ring (bicyclic) bond motifs is 2. The van der Waals surface area contributed by atoms with Gasteiger partial charge in [0.15, 0.2) is 0 Å². The van der Waals surface area contributed by atoms with Crippen LogP contribution in [0.1, 0.15) is 45.3 Å². The Bertz CT molecular complexity index is 1100. The Morgan fingerprint density at radius 2 is 2.10 bits per heavy atom. The van der Waals surface area contributed by atoms with E-state index in [9.17, 15) is 4.79 Å². The van der Waals surface area contributed by atoms with E-state index in [0.29, 0.717) is 29.1 Å². The molecule has 3 aromatic rings. The minimum atomic E-state index is -0.166. The van der Waals surface area contributed by atoms with Gasteiger partial charge in [-0.2, -0.15) is 0 Å². The Hall–Kier alpha value is -2.64. The Morgan fingerprint density at radius 1 is 1.28 bits per heavy atom. The van der Waals surface area contributed by atoms with Crippen molar-refractivity contribution in [2.75, 3.05) is 12.3 Å². The number of nitrogen functional groups attached to an aromatic ring is 1. The van der Waals surface area contributed by atoms with Crippen molar-refractivity contribution >= 4 is 33.1 Å². The summed E-state index contributed by atoms with van der Waals surface area (Å²) >= 11 is 1.34. The lowest BCUT2D eigenvalue weighted by Gasteiger charge is -2.34. The molecule has 1 saturated carbocycles. The van der Waals surface area contributed by atoms with Crippen LogP contribution in [0.25, 0.3) is 10.2 Å². The number of aryl methyl sites for hydroxylation is 1. The first kappa shape index (κ1) is 18.4. The minimum absolute atomic E-state index is 0.0858. The lowest BCUT2D eigenvalue weighted by Crippen LogP contribution is -2.42. The third-order valence-electron chi connectivity index (χ3n) is 5.92. The highest BCUT2D eigenvalue weighted by Gasteiger charge is 2.29. The highest BCUT2D eigenvalue weighted by molar-refractivity contribution is 7.21. The number of hydrogen-bond acceptors (Lipinski definition) is 6. The van der Waals surface area contributed by atoms with Gasteiger partial charge in [-0.25, -0.2) is 4.98 Å². The van der Waals surface area contributed by atoms with E-state index in [4.69, 9.17) is 16.2 Å². The number of aromatic nitrogens is 1. The van der Waals surface area contributed by atoms with Gasteiger partial charge in [0.05, 0.1) is 11.7 Å². The molecule has 1 fully saturated rings. The number of nitrogens with two attached hydrogens (primary N) is 2. The monoisotopic (exact) mass is 408 g/mol. The molecular weight excluding hydrogens is 384 g/mol. The number of thiophene rings is 1. The molecule has 0 radical (unpaired) electrons. The SMILES string of the molecule is Cc1ccc2c(N)c(C(=O)N[C@H]3COc4cc(C5CC(N)C5)ccc4C3)sc2n1. The molecule has 5 N–H and O–H groups in total. The average molecular weight is 409 g/mol. The summed E-state index contributed by atoms with van der Waals surface area (Å²) in [5.74, 6) is 1.30. The van der Waals surface area contributed by atoms with E-state index in [1.165, 1.54) is 16.9 Å². The zero-order valence-electron chi connectivity index (χ0n) is 16.3. The van der Waals surface area contributed by atoms with Crippen molar-refractivity contribution in [3.63, 3.8) is 0 Å². The molecule has 0 bridgehead atoms. The van der Waals surface area contributed by atoms with Crippen LogP contribution >= 0.6 is 11.3 Å². The van der Waals surface area contributed by atoms with Crippen LogP contribution in [0, 0.1) is 6.92 Å². The minimum Gasteiger partial charge on any atom is -0.491 e. The molecule has 1 aliphatic carbocycles. The Balaban J connectivity index is 1.30. The number of hydrogen-bond donors (Lipinski definition) is 3. The van der Waals surface area contributed by atoms with Crippen LogP contribution in [0.3, 0.4) is 0 Å². The Morgan fingerprint density at radius 3 is 2.90 bits per heavy atom. The standard InChI is InChI=1S/C22H24N4O2S/c1-11-2-5-17-19(24)20(29-22(17)25-11)21(27)26-16-8-13-4-3-12(9-18(13)28-10-16)14-6-15(23)7-14/h2-5,9,14-16H,6-8,10,23-24H2,1H3,(H,26,27)/t14?,15?,16-/m1/s1. The van der Waals surface area contributed by atoms with E-state index in [-0.39, 0.29) is 11.9 Å². The largest absolute Gasteiger partial charge is 0.491 e. The molecule has 1 amide bonds. The summed E-state index contributed by atoms with van der Waals surface area (Å²) < 4.78 is 5.98. The van der Waals surface area contributed by atoms with Crippen LogP contribution in [0.5, 0.6) is 5.75 Å². The number of amides is 1. The number of nitrogens with zero attached hydrogens (tertiary/aromatic N) is 1. The van der Waals surface area contributed by atoms with Gasteiger partial charge in [0, 0.05) is 17.1 Å². The van der Waals surface area contributed by atoms with Crippen molar-refractivity contribution in [2.24, 2.45) is 5.73 Å². The summed E-state index contributed by atoms with van der Waals surface area (Å²) in [5.41, 5.74) is 16.0. The van der Waals surface area contributed by atoms with Gasteiger partial charge in [-0.05, 0) is 61.4 Å². The van der Waals surface area contributed by atoms with Crippen LogP contribution in [0.2, 0.25) is 0 Å². The van der Waals surface area contributed by atoms with E-state index in [0.717, 1.165) is 46.5 Å². The summed E-state index contributed by atoms with van der Waals surface area (Å²) in [6.07, 6.45) is 2.83. The highest BCUT2D eigenvalue weighted by atomic mass is 32.1. The second kappa shape index (κ2) is 7.00. The summed E-state index contributed by atoms with van der Waals surface area (Å²) in [6.45, 7) is 2.38. The van der Waals surface area contributed by atoms with Gasteiger partial charge in [0.1, 0.15) is 22.1 Å². The maximum atomic E-state index is 12.8. The molecule has 6 nitrogen and oxygen atoms in total. The van der Waals surface area contributed by atoms with Crippen LogP contribution in [0.4, 0.5) is 5.69 Å². The van der Waals surface area contributed by atoms with Gasteiger partial charge in [-0.3, -0.25) is 4.79 Å². The van der Waals surface area contributed by atoms with Crippen molar-refractivity contribution < 1.29 is 9.53 Å². The molecule has 0 unspecified atom stereocenters. The number of ether oxygens (including phenoxy) is 1. The van der Waals surface area contributed by atoms with Gasteiger partial charge in [0.25, 0.3) is 5.91 Å². The molecule has 1 atom stereocenters. The zero-order chi connectivity index (χ0) is 20.1. The first-order valence-corrected chi connectivity index (χ1v) is 10.8. The van der Waals surface area contributed by atoms with E-state index < -0.39 is 0 Å². The van der Waals surface area contributed by atoms with Gasteiger partial charge in [-0.15, -0.1) is 11.3 Å². The third-order valence-corrected chi connectivity index (χ3v) is 7.03. The number of benzene rings is 1. The van der Waals surface area contributed by atoms with Gasteiger partial charge in [0.2, 0.25) is 0 Å². The molecular formula is C22H24N4O2S. The van der Waals surface area contributed by atoms with Crippen molar-refractivity contribution in [1.29, 1.82) is 0 Å². The second-order valence-corrected chi connectivity index (χ2v) is 9.13. The summed E-state index contributed by atoms with van der Waals surface area (Å²) in [4.78, 5) is 18.6. The molecule has 2 aromatic heterocycles. The Labute approximate surface area is 173 Å². The molecule has 29 heavy (non-hydrogen) atoms. The van der Waals surface area contributed by atoms with Gasteiger partial charge >= 0.3 is 0 Å². The fourth-order valence-electron chi connectivity index (χ4n) is 4.18. The quantitative estimate of drug-likeness (QED) is 0.618. The molecule has 0 saturated heterocycles. The predicted molar refractivity (Wildman–Crippen MR) is 116 cm³/mol. The summed E-state index contributed by atoms with van der Waals surface area (Å²) in [6, 6.07) is 10.5. The normalized spacial score (nSPS) is 23.2. The maximum Gasteiger partial charge on any atom is 0.263 e. The van der Waals surface area contributed by atoms with E-state index in [2.05, 4.69) is 28.5 Å². The topological polar surface area (TPSA) is 103 Å². The van der Waals surface area contributed by atoms with E-state index in [1.807, 2.05) is 19.1 Å². The molecule has 5 rings (SSSR count). The number of pyridine rings is 1. The number of carbonyl (C=O) groups excluding carboxylic acids is 1. The first-order chi connectivity index (χ1) is 14.0. The number of carbonyl (C=O) groups is 1. The van der Waals surface area contributed by atoms with Crippen molar-refractivity contribution in [1.82, 2.24) is 10.3 Å². The number of anilines is 1. The lowest BCUT2D eigenvalue weighted by molar-refractivity contribution is 0.0920. The fourth-order valence-corrected chi connectivity index (χ4v) is 5.22. The number of nitrogens with one attached hydrogen (secondary N) is 1. The molecule has 150 valence electrons. The Kier molecular flexibility index (Phi) is 4.44. The van der Waals surface area contributed by atoms with Gasteiger partial charge < -0.3 is 21.5 Å². The fraction of sp³-hybridized carbons (Fsp3) is 0.364. The average Bonchev–Trinajstić information content (AvgIpc) is 3.01. The summed E-state index contributed by atoms with van der Waals surface area (Å²) in [7, 11) is 0. The molecule has 1 aromatic carbocycles. The van der Waals surface area contributed by atoms with Crippen molar-refractivity contribution in [3.05, 3.63) is 52.0 Å². The third kappa shape index (κ3) is 3.34. The number of rotatable bonds is 3. The van der Waals surface area contributed by atoms with Crippen molar-refractivity contribution in [2.45, 2.75) is 44.2 Å². The molecule has 7 heteroatoms. The van der Waals surface area contributed by atoms with Crippen LogP contribution in [-0.2, 0) is 6.42 Å². The van der Waals surface area contributed by atoms with Crippen molar-refractivity contribution in [3.8, 4) is 5.75 Å². The van der Waals surface area contributed by atoms with Crippen LogP contribution < -0.4 is 21.5 Å². The van der Waals surface area contributed by atoms with E-state index in [1.54, 1.807) is 0 Å². The van der Waals surface area contributed by atoms with E-state index >= 15 is 0 Å². The maximum absolute atomic E-state index is 12.8.